The Balaban J connectivity index is 1.99. The lowest BCUT2D eigenvalue weighted by Gasteiger charge is -2.14. The molecule has 168 valence electrons. The van der Waals surface area contributed by atoms with Gasteiger partial charge in [-0.1, -0.05) is 23.7 Å². The second-order valence-corrected chi connectivity index (χ2v) is 9.09. The summed E-state index contributed by atoms with van der Waals surface area (Å²) < 4.78 is 36.1. The van der Waals surface area contributed by atoms with E-state index in [1.54, 1.807) is 31.4 Å². The van der Waals surface area contributed by atoms with Gasteiger partial charge in [0.2, 0.25) is 10.0 Å². The van der Waals surface area contributed by atoms with Crippen LogP contribution in [0.3, 0.4) is 0 Å². The Kier molecular flexibility index (Phi) is 8.81. The molecule has 0 unspecified atom stereocenters. The highest BCUT2D eigenvalue weighted by atomic mass is 35.5. The fraction of sp³-hybridized carbons (Fsp3) is 0.300. The third-order valence-corrected chi connectivity index (χ3v) is 6.36. The molecule has 2 amide bonds. The molecule has 0 aliphatic heterocycles. The summed E-state index contributed by atoms with van der Waals surface area (Å²) in [6.07, 6.45) is 0. The molecule has 0 aliphatic carbocycles. The Morgan fingerprint density at radius 2 is 1.81 bits per heavy atom. The molecule has 2 N–H and O–H groups in total. The summed E-state index contributed by atoms with van der Waals surface area (Å²) in [6.45, 7) is 0.944. The molecule has 0 bridgehead atoms. The number of carbonyl (C=O) groups is 2. The minimum Gasteiger partial charge on any atom is -0.491 e. The van der Waals surface area contributed by atoms with Gasteiger partial charge in [-0.15, -0.1) is 0 Å². The summed E-state index contributed by atoms with van der Waals surface area (Å²) >= 11 is 5.98. The van der Waals surface area contributed by atoms with Crippen LogP contribution in [0.1, 0.15) is 5.56 Å². The van der Waals surface area contributed by atoms with Crippen molar-refractivity contribution in [1.29, 1.82) is 0 Å². The Labute approximate surface area is 186 Å². The first-order valence-electron chi connectivity index (χ1n) is 9.17. The van der Waals surface area contributed by atoms with Crippen LogP contribution in [0.15, 0.2) is 47.4 Å². The minimum absolute atomic E-state index is 0.00347. The average Bonchev–Trinajstić information content (AvgIpc) is 2.73. The zero-order chi connectivity index (χ0) is 23.0. The number of sulfonamides is 1. The molecule has 0 atom stereocenters. The lowest BCUT2D eigenvalue weighted by Crippen LogP contribution is -2.35. The number of hydrogen-bond donors (Lipinski definition) is 2. The molecule has 0 saturated carbocycles. The van der Waals surface area contributed by atoms with Gasteiger partial charge in [-0.25, -0.2) is 12.7 Å². The molecular weight excluding hydrogens is 446 g/mol. The summed E-state index contributed by atoms with van der Waals surface area (Å²) in [4.78, 5) is 24.2. The average molecular weight is 470 g/mol. The smallest absolute Gasteiger partial charge is 0.313 e. The van der Waals surface area contributed by atoms with Crippen molar-refractivity contribution < 1.29 is 27.5 Å². The van der Waals surface area contributed by atoms with Crippen molar-refractivity contribution in [1.82, 2.24) is 9.62 Å². The van der Waals surface area contributed by atoms with Crippen LogP contribution in [0.5, 0.6) is 5.75 Å². The summed E-state index contributed by atoms with van der Waals surface area (Å²) in [5.74, 6) is -1.20. The Bertz CT molecular complexity index is 1040. The van der Waals surface area contributed by atoms with Crippen molar-refractivity contribution >= 4 is 39.1 Å². The van der Waals surface area contributed by atoms with Crippen LogP contribution in [0.25, 0.3) is 0 Å². The fourth-order valence-corrected chi connectivity index (χ4v) is 3.81. The quantitative estimate of drug-likeness (QED) is 0.428. The number of hydrogen-bond acceptors (Lipinski definition) is 6. The van der Waals surface area contributed by atoms with Gasteiger partial charge in [0.15, 0.2) is 0 Å². The third-order valence-electron chi connectivity index (χ3n) is 4.06. The number of rotatable bonds is 9. The number of anilines is 1. The zero-order valence-electron chi connectivity index (χ0n) is 17.3. The summed E-state index contributed by atoms with van der Waals surface area (Å²) in [6, 6.07) is 11.0. The van der Waals surface area contributed by atoms with Crippen LogP contribution < -0.4 is 15.4 Å². The molecule has 0 aliphatic rings. The fourth-order valence-electron chi connectivity index (χ4n) is 2.41. The third kappa shape index (κ3) is 6.93. The molecule has 0 fully saturated rings. The SMILES string of the molecule is COCCOc1cccc(CNC(=O)C(=O)Nc2ccc(Cl)c(S(=O)(=O)N(C)C)c2)c1. The number of ether oxygens (including phenoxy) is 2. The molecule has 0 radical (unpaired) electrons. The number of nitrogens with one attached hydrogen (secondary N) is 2. The molecule has 0 heterocycles. The topological polar surface area (TPSA) is 114 Å². The van der Waals surface area contributed by atoms with E-state index in [1.807, 2.05) is 0 Å². The van der Waals surface area contributed by atoms with Gasteiger partial charge in [0.1, 0.15) is 17.3 Å². The highest BCUT2D eigenvalue weighted by molar-refractivity contribution is 7.89. The van der Waals surface area contributed by atoms with Gasteiger partial charge in [-0.3, -0.25) is 9.59 Å². The van der Waals surface area contributed by atoms with Crippen LogP contribution in [-0.2, 0) is 30.9 Å². The van der Waals surface area contributed by atoms with Crippen LogP contribution in [-0.4, -0.2) is 59.0 Å². The number of carbonyl (C=O) groups excluding carboxylic acids is 2. The Morgan fingerprint density at radius 1 is 1.06 bits per heavy atom. The van der Waals surface area contributed by atoms with E-state index in [4.69, 9.17) is 21.1 Å². The van der Waals surface area contributed by atoms with E-state index in [9.17, 15) is 18.0 Å². The first-order chi connectivity index (χ1) is 14.6. The van der Waals surface area contributed by atoms with E-state index >= 15 is 0 Å². The van der Waals surface area contributed by atoms with Gasteiger partial charge in [-0.2, -0.15) is 0 Å². The molecule has 11 heteroatoms. The normalized spacial score (nSPS) is 11.3. The van der Waals surface area contributed by atoms with Crippen molar-refractivity contribution in [2.24, 2.45) is 0 Å². The predicted octanol–water partition coefficient (Wildman–Crippen LogP) is 1.87. The van der Waals surface area contributed by atoms with Crippen LogP contribution >= 0.6 is 11.6 Å². The number of amides is 2. The highest BCUT2D eigenvalue weighted by Crippen LogP contribution is 2.26. The van der Waals surface area contributed by atoms with E-state index in [2.05, 4.69) is 10.6 Å². The number of methoxy groups -OCH3 is 1. The van der Waals surface area contributed by atoms with Crippen LogP contribution in [0.2, 0.25) is 5.02 Å². The van der Waals surface area contributed by atoms with E-state index in [-0.39, 0.29) is 22.2 Å². The standard InChI is InChI=1S/C20H24ClN3O6S/c1-24(2)31(27,28)18-12-15(7-8-17(18)21)23-20(26)19(25)22-13-14-5-4-6-16(11-14)30-10-9-29-3/h4-8,11-12H,9-10,13H2,1-3H3,(H,22,25)(H,23,26). The lowest BCUT2D eigenvalue weighted by atomic mass is 10.2. The largest absolute Gasteiger partial charge is 0.491 e. The number of halogens is 1. The molecule has 0 spiro atoms. The second kappa shape index (κ2) is 11.1. The van der Waals surface area contributed by atoms with E-state index in [0.717, 1.165) is 9.87 Å². The first-order valence-corrected chi connectivity index (χ1v) is 11.0. The molecule has 0 saturated heterocycles. The van der Waals surface area contributed by atoms with Crippen molar-refractivity contribution in [3.05, 3.63) is 53.1 Å². The van der Waals surface area contributed by atoms with Crippen LogP contribution in [0.4, 0.5) is 5.69 Å². The van der Waals surface area contributed by atoms with E-state index in [1.165, 1.54) is 32.3 Å². The second-order valence-electron chi connectivity index (χ2n) is 6.56. The molecule has 2 aromatic carbocycles. The lowest BCUT2D eigenvalue weighted by molar-refractivity contribution is -0.136. The Morgan fingerprint density at radius 3 is 2.48 bits per heavy atom. The first kappa shape index (κ1) is 24.6. The maximum atomic E-state index is 12.3. The molecule has 2 aromatic rings. The Hall–Kier alpha value is -2.66. The predicted molar refractivity (Wildman–Crippen MR) is 117 cm³/mol. The van der Waals surface area contributed by atoms with Gasteiger partial charge < -0.3 is 20.1 Å². The summed E-state index contributed by atoms with van der Waals surface area (Å²) in [7, 11) is 0.487. The van der Waals surface area contributed by atoms with Crippen molar-refractivity contribution in [2.75, 3.05) is 39.7 Å². The molecule has 0 aromatic heterocycles. The van der Waals surface area contributed by atoms with Crippen molar-refractivity contribution in [3.63, 3.8) is 0 Å². The summed E-state index contributed by atoms with van der Waals surface area (Å²) in [5, 5.41) is 4.88. The molecule has 31 heavy (non-hydrogen) atoms. The summed E-state index contributed by atoms with van der Waals surface area (Å²) in [5.41, 5.74) is 0.862. The van der Waals surface area contributed by atoms with Gasteiger partial charge in [0.25, 0.3) is 0 Å². The maximum Gasteiger partial charge on any atom is 0.313 e. The van der Waals surface area contributed by atoms with Crippen molar-refractivity contribution in [2.45, 2.75) is 11.4 Å². The minimum atomic E-state index is -3.82. The molecule has 2 rings (SSSR count). The van der Waals surface area contributed by atoms with E-state index < -0.39 is 21.8 Å². The van der Waals surface area contributed by atoms with Gasteiger partial charge in [0.05, 0.1) is 11.6 Å². The molecular formula is C20H24ClN3O6S. The van der Waals surface area contributed by atoms with Crippen LogP contribution in [0, 0.1) is 0 Å². The highest BCUT2D eigenvalue weighted by Gasteiger charge is 2.22. The van der Waals surface area contributed by atoms with Crippen molar-refractivity contribution in [3.8, 4) is 5.75 Å². The zero-order valence-corrected chi connectivity index (χ0v) is 18.9. The van der Waals surface area contributed by atoms with Gasteiger partial charge in [0, 0.05) is 33.4 Å². The number of nitrogens with zero attached hydrogens (tertiary/aromatic N) is 1. The maximum absolute atomic E-state index is 12.3. The molecule has 9 nitrogen and oxygen atoms in total. The van der Waals surface area contributed by atoms with Gasteiger partial charge in [-0.05, 0) is 35.9 Å². The monoisotopic (exact) mass is 469 g/mol. The van der Waals surface area contributed by atoms with E-state index in [0.29, 0.717) is 19.0 Å². The van der Waals surface area contributed by atoms with Gasteiger partial charge >= 0.3 is 11.8 Å². The number of benzene rings is 2.